The molecule has 1 aliphatic rings. The lowest BCUT2D eigenvalue weighted by Crippen LogP contribution is -2.39. The highest BCUT2D eigenvalue weighted by Crippen LogP contribution is 2.42. The number of hydrogen-bond acceptors (Lipinski definition) is 6. The molecule has 1 aliphatic heterocycles. The van der Waals surface area contributed by atoms with E-state index < -0.39 is 34.7 Å². The molecule has 3 aromatic heterocycles. The first-order chi connectivity index (χ1) is 21.3. The number of benzene rings is 2. The van der Waals surface area contributed by atoms with E-state index in [1.165, 1.54) is 18.2 Å². The number of amides is 2. The molecule has 0 aliphatic carbocycles. The number of nitrogens with zero attached hydrogens (tertiary/aromatic N) is 3. The van der Waals surface area contributed by atoms with Crippen LogP contribution >= 0.6 is 0 Å². The summed E-state index contributed by atoms with van der Waals surface area (Å²) in [4.78, 5) is 48.2. The average molecular weight is 616 g/mol. The fourth-order valence-corrected chi connectivity index (χ4v) is 5.93. The summed E-state index contributed by atoms with van der Waals surface area (Å²) in [5, 5.41) is 3.01. The third kappa shape index (κ3) is 5.36. The van der Waals surface area contributed by atoms with Crippen LogP contribution in [0.15, 0.2) is 63.9 Å². The van der Waals surface area contributed by atoms with Gasteiger partial charge in [-0.2, -0.15) is 0 Å². The van der Waals surface area contributed by atoms with Crippen LogP contribution in [-0.4, -0.2) is 26.3 Å². The van der Waals surface area contributed by atoms with E-state index >= 15 is 0 Å². The van der Waals surface area contributed by atoms with Gasteiger partial charge in [0.1, 0.15) is 17.5 Å². The van der Waals surface area contributed by atoms with Gasteiger partial charge in [-0.25, -0.2) is 18.0 Å². The summed E-state index contributed by atoms with van der Waals surface area (Å²) in [6, 6.07) is 11.3. The zero-order valence-corrected chi connectivity index (χ0v) is 24.6. The van der Waals surface area contributed by atoms with Gasteiger partial charge in [0.25, 0.3) is 11.8 Å². The minimum atomic E-state index is -1.01. The molecular formula is C33H28F3N5O4. The van der Waals surface area contributed by atoms with Crippen molar-refractivity contribution >= 4 is 22.9 Å². The molecule has 0 radical (unpaired) electrons. The standard InChI is InChI=1S/C33H28F3N5O4/c1-16(2)10-22-27(30(37)42)26(28-29(39-22)33(3,40-31(28)43)13-17-4-7-19(34)8-5-17)18-6-9-24-25(11-18)45-32(44)41(24)15-23-21(36)12-20(35)14-38-23/h4-9,11-12,14,16H,10,13,15H2,1-3H3,(H2,37,42)(H,40,43)/t33-/m0/s1. The fraction of sp³-hybridized carbons (Fsp3) is 0.242. The molecule has 0 saturated heterocycles. The summed E-state index contributed by atoms with van der Waals surface area (Å²) in [5.74, 6) is -4.16. The minimum Gasteiger partial charge on any atom is -0.408 e. The molecule has 0 unspecified atom stereocenters. The zero-order chi connectivity index (χ0) is 32.2. The van der Waals surface area contributed by atoms with Gasteiger partial charge in [0.2, 0.25) is 0 Å². The maximum atomic E-state index is 14.3. The Kier molecular flexibility index (Phi) is 7.30. The van der Waals surface area contributed by atoms with E-state index in [2.05, 4.69) is 10.3 Å². The monoisotopic (exact) mass is 615 g/mol. The number of primary amides is 1. The molecule has 5 aromatic rings. The topological polar surface area (TPSA) is 133 Å². The average Bonchev–Trinajstić information content (AvgIpc) is 3.41. The Balaban J connectivity index is 1.54. The minimum absolute atomic E-state index is 0.0716. The number of aromatic nitrogens is 3. The molecule has 3 N–H and O–H groups in total. The van der Waals surface area contributed by atoms with Gasteiger partial charge in [0.05, 0.1) is 52.0 Å². The Hall–Kier alpha value is -5.26. The number of pyridine rings is 2. The van der Waals surface area contributed by atoms with Crippen molar-refractivity contribution in [2.45, 2.75) is 45.7 Å². The van der Waals surface area contributed by atoms with Gasteiger partial charge < -0.3 is 15.5 Å². The molecule has 0 fully saturated rings. The quantitative estimate of drug-likeness (QED) is 0.252. The van der Waals surface area contributed by atoms with Crippen LogP contribution in [0.1, 0.15) is 64.1 Å². The number of hydrogen-bond donors (Lipinski definition) is 2. The van der Waals surface area contributed by atoms with Crippen LogP contribution in [0.25, 0.3) is 22.2 Å². The lowest BCUT2D eigenvalue weighted by molar-refractivity contribution is 0.0935. The highest BCUT2D eigenvalue weighted by Gasteiger charge is 2.44. The first-order valence-corrected chi connectivity index (χ1v) is 14.2. The summed E-state index contributed by atoms with van der Waals surface area (Å²) in [6.07, 6.45) is 1.52. The molecule has 1 atom stereocenters. The van der Waals surface area contributed by atoms with Crippen LogP contribution in [0.3, 0.4) is 0 Å². The number of oxazole rings is 1. The van der Waals surface area contributed by atoms with Crippen molar-refractivity contribution in [3.05, 3.63) is 117 Å². The van der Waals surface area contributed by atoms with Crippen molar-refractivity contribution in [3.8, 4) is 11.1 Å². The van der Waals surface area contributed by atoms with Gasteiger partial charge in [-0.05, 0) is 54.7 Å². The molecular weight excluding hydrogens is 587 g/mol. The molecule has 0 bridgehead atoms. The summed E-state index contributed by atoms with van der Waals surface area (Å²) in [6.45, 7) is 5.41. The van der Waals surface area contributed by atoms with E-state index in [1.807, 2.05) is 20.8 Å². The lowest BCUT2D eigenvalue weighted by Gasteiger charge is -2.26. The second-order valence-corrected chi connectivity index (χ2v) is 11.8. The molecule has 6 rings (SSSR count). The Labute approximate surface area is 254 Å². The van der Waals surface area contributed by atoms with Crippen molar-refractivity contribution in [3.63, 3.8) is 0 Å². The van der Waals surface area contributed by atoms with E-state index in [-0.39, 0.29) is 51.8 Å². The molecule has 230 valence electrons. The number of rotatable bonds is 8. The smallest absolute Gasteiger partial charge is 0.408 e. The SMILES string of the molecule is CC(C)Cc1nc2c(c(-c3ccc4c(c3)oc(=O)n4Cc3ncc(F)cc3F)c1C(N)=O)C(=O)N[C@@]2(C)Cc1ccc(F)cc1. The number of carbonyl (C=O) groups excluding carboxylic acids is 2. The maximum absolute atomic E-state index is 14.3. The van der Waals surface area contributed by atoms with Crippen LogP contribution in [0, 0.1) is 23.4 Å². The normalized spacial score (nSPS) is 15.9. The van der Waals surface area contributed by atoms with Gasteiger partial charge >= 0.3 is 5.76 Å². The molecule has 12 heteroatoms. The molecule has 0 saturated carbocycles. The Morgan fingerprint density at radius 3 is 2.42 bits per heavy atom. The summed E-state index contributed by atoms with van der Waals surface area (Å²) in [5.41, 5.74) is 7.55. The molecule has 9 nitrogen and oxygen atoms in total. The third-order valence-electron chi connectivity index (χ3n) is 7.88. The largest absolute Gasteiger partial charge is 0.420 e. The molecule has 2 amide bonds. The summed E-state index contributed by atoms with van der Waals surface area (Å²) >= 11 is 0. The van der Waals surface area contributed by atoms with Gasteiger partial charge in [0, 0.05) is 18.1 Å². The van der Waals surface area contributed by atoms with Crippen molar-refractivity contribution in [2.75, 3.05) is 0 Å². The summed E-state index contributed by atoms with van der Waals surface area (Å²) in [7, 11) is 0. The second kappa shape index (κ2) is 11.0. The van der Waals surface area contributed by atoms with Gasteiger partial charge in [0.15, 0.2) is 5.58 Å². The van der Waals surface area contributed by atoms with Crippen molar-refractivity contribution in [1.29, 1.82) is 0 Å². The molecule has 2 aromatic carbocycles. The first-order valence-electron chi connectivity index (χ1n) is 14.2. The van der Waals surface area contributed by atoms with Gasteiger partial charge in [-0.15, -0.1) is 0 Å². The van der Waals surface area contributed by atoms with Crippen LogP contribution in [0.4, 0.5) is 13.2 Å². The first kappa shape index (κ1) is 29.8. The van der Waals surface area contributed by atoms with E-state index in [4.69, 9.17) is 15.1 Å². The highest BCUT2D eigenvalue weighted by atomic mass is 19.1. The van der Waals surface area contributed by atoms with Crippen LogP contribution in [0.2, 0.25) is 0 Å². The van der Waals surface area contributed by atoms with E-state index in [0.29, 0.717) is 35.9 Å². The number of halogens is 3. The third-order valence-corrected chi connectivity index (χ3v) is 7.88. The van der Waals surface area contributed by atoms with E-state index in [9.17, 15) is 27.6 Å². The fourth-order valence-electron chi connectivity index (χ4n) is 5.93. The van der Waals surface area contributed by atoms with Crippen molar-refractivity contribution in [2.24, 2.45) is 11.7 Å². The summed E-state index contributed by atoms with van der Waals surface area (Å²) < 4.78 is 48.0. The van der Waals surface area contributed by atoms with Gasteiger partial charge in [-0.3, -0.25) is 24.1 Å². The predicted octanol–water partition coefficient (Wildman–Crippen LogP) is 5.02. The molecule has 4 heterocycles. The number of carbonyl (C=O) groups is 2. The number of nitrogens with two attached hydrogens (primary N) is 1. The molecule has 0 spiro atoms. The van der Waals surface area contributed by atoms with E-state index in [0.717, 1.165) is 16.3 Å². The van der Waals surface area contributed by atoms with Crippen LogP contribution < -0.4 is 16.8 Å². The van der Waals surface area contributed by atoms with Crippen LogP contribution in [-0.2, 0) is 24.9 Å². The van der Waals surface area contributed by atoms with Crippen molar-refractivity contribution < 1.29 is 27.2 Å². The lowest BCUT2D eigenvalue weighted by atomic mass is 9.84. The highest BCUT2D eigenvalue weighted by molar-refractivity contribution is 6.12. The van der Waals surface area contributed by atoms with Crippen molar-refractivity contribution in [1.82, 2.24) is 19.9 Å². The predicted molar refractivity (Wildman–Crippen MR) is 159 cm³/mol. The van der Waals surface area contributed by atoms with Crippen LogP contribution in [0.5, 0.6) is 0 Å². The Bertz CT molecular complexity index is 2070. The second-order valence-electron chi connectivity index (χ2n) is 11.8. The van der Waals surface area contributed by atoms with Gasteiger partial charge in [-0.1, -0.05) is 32.0 Å². The maximum Gasteiger partial charge on any atom is 0.420 e. The Morgan fingerprint density at radius 1 is 1.02 bits per heavy atom. The van der Waals surface area contributed by atoms with E-state index in [1.54, 1.807) is 24.3 Å². The Morgan fingerprint density at radius 2 is 1.76 bits per heavy atom. The number of nitrogens with one attached hydrogen (secondary N) is 1. The zero-order valence-electron chi connectivity index (χ0n) is 24.6. The number of fused-ring (bicyclic) bond motifs is 2. The molecule has 45 heavy (non-hydrogen) atoms.